The van der Waals surface area contributed by atoms with Crippen LogP contribution in [-0.2, 0) is 9.53 Å². The highest BCUT2D eigenvalue weighted by molar-refractivity contribution is 5.97. The van der Waals surface area contributed by atoms with Crippen molar-refractivity contribution in [3.8, 4) is 11.5 Å². The molecule has 1 aliphatic rings. The zero-order valence-corrected chi connectivity index (χ0v) is 14.1. The Morgan fingerprint density at radius 2 is 1.84 bits per heavy atom. The summed E-state index contributed by atoms with van der Waals surface area (Å²) in [5.74, 6) is 0.267. The van der Waals surface area contributed by atoms with Crippen molar-refractivity contribution in [1.29, 1.82) is 0 Å². The molecule has 0 spiro atoms. The number of carbonyl (C=O) groups is 2. The van der Waals surface area contributed by atoms with Crippen molar-refractivity contribution >= 4 is 17.6 Å². The largest absolute Gasteiger partial charge is 0.486 e. The number of nitrogens with one attached hydrogen (secondary N) is 1. The van der Waals surface area contributed by atoms with E-state index in [1.54, 1.807) is 36.4 Å². The number of fused-ring (bicyclic) bond motifs is 1. The van der Waals surface area contributed by atoms with Crippen LogP contribution in [0.3, 0.4) is 0 Å². The summed E-state index contributed by atoms with van der Waals surface area (Å²) in [4.78, 5) is 24.4. The summed E-state index contributed by atoms with van der Waals surface area (Å²) in [5, 5.41) is 2.71. The second-order valence-electron chi connectivity index (χ2n) is 5.76. The number of ether oxygens (including phenoxy) is 3. The summed E-state index contributed by atoms with van der Waals surface area (Å²) in [6, 6.07) is 12.1. The van der Waals surface area contributed by atoms with Gasteiger partial charge in [0, 0.05) is 11.8 Å². The molecular weight excluding hydrogens is 322 g/mol. The number of hydrogen-bond donors (Lipinski definition) is 1. The Morgan fingerprint density at radius 3 is 2.60 bits per heavy atom. The first-order valence-electron chi connectivity index (χ1n) is 8.01. The lowest BCUT2D eigenvalue weighted by atomic mass is 10.1. The Labute approximate surface area is 145 Å². The van der Waals surface area contributed by atoms with Crippen LogP contribution in [0, 0.1) is 6.92 Å². The molecule has 0 fully saturated rings. The van der Waals surface area contributed by atoms with Crippen LogP contribution in [0.2, 0.25) is 0 Å². The molecule has 3 rings (SSSR count). The van der Waals surface area contributed by atoms with Crippen molar-refractivity contribution in [2.75, 3.05) is 18.5 Å². The summed E-state index contributed by atoms with van der Waals surface area (Å²) in [7, 11) is 0. The van der Waals surface area contributed by atoms with Crippen LogP contribution in [0.1, 0.15) is 22.8 Å². The van der Waals surface area contributed by atoms with E-state index in [2.05, 4.69) is 5.32 Å². The molecule has 0 bridgehead atoms. The van der Waals surface area contributed by atoms with E-state index in [0.29, 0.717) is 36.0 Å². The SMILES string of the molecule is Cc1cccc(C(=O)OC(C)C(=O)Nc2ccc3c(c2)OCCO3)c1. The molecule has 1 aliphatic heterocycles. The maximum atomic E-state index is 12.3. The molecule has 1 amide bonds. The lowest BCUT2D eigenvalue weighted by molar-refractivity contribution is -0.123. The zero-order valence-electron chi connectivity index (χ0n) is 14.1. The molecule has 1 N–H and O–H groups in total. The van der Waals surface area contributed by atoms with Gasteiger partial charge in [-0.3, -0.25) is 4.79 Å². The van der Waals surface area contributed by atoms with Crippen molar-refractivity contribution in [2.45, 2.75) is 20.0 Å². The maximum Gasteiger partial charge on any atom is 0.338 e. The van der Waals surface area contributed by atoms with E-state index >= 15 is 0 Å². The molecule has 0 saturated heterocycles. The maximum absolute atomic E-state index is 12.3. The van der Waals surface area contributed by atoms with Crippen LogP contribution >= 0.6 is 0 Å². The molecule has 0 aliphatic carbocycles. The van der Waals surface area contributed by atoms with Crippen LogP contribution in [0.15, 0.2) is 42.5 Å². The molecule has 130 valence electrons. The summed E-state index contributed by atoms with van der Waals surface area (Å²) in [5.41, 5.74) is 1.91. The second kappa shape index (κ2) is 7.25. The Balaban J connectivity index is 1.62. The van der Waals surface area contributed by atoms with Crippen LogP contribution in [0.4, 0.5) is 5.69 Å². The van der Waals surface area contributed by atoms with E-state index in [0.717, 1.165) is 5.56 Å². The molecular formula is C19H19NO5. The number of hydrogen-bond acceptors (Lipinski definition) is 5. The molecule has 1 atom stereocenters. The van der Waals surface area contributed by atoms with Crippen LogP contribution in [0.5, 0.6) is 11.5 Å². The minimum absolute atomic E-state index is 0.416. The first kappa shape index (κ1) is 16.8. The molecule has 0 saturated carbocycles. The van der Waals surface area contributed by atoms with Gasteiger partial charge in [-0.15, -0.1) is 0 Å². The molecule has 0 aromatic heterocycles. The fourth-order valence-electron chi connectivity index (χ4n) is 2.42. The standard InChI is InChI=1S/C19H19NO5/c1-12-4-3-5-14(10-12)19(22)25-13(2)18(21)20-15-6-7-16-17(11-15)24-9-8-23-16/h3-7,10-11,13H,8-9H2,1-2H3,(H,20,21). The number of rotatable bonds is 4. The van der Waals surface area contributed by atoms with E-state index in [-0.39, 0.29) is 0 Å². The predicted octanol–water partition coefficient (Wildman–Crippen LogP) is 2.95. The van der Waals surface area contributed by atoms with Gasteiger partial charge < -0.3 is 19.5 Å². The molecule has 1 unspecified atom stereocenters. The highest BCUT2D eigenvalue weighted by Crippen LogP contribution is 2.32. The normalized spacial score (nSPS) is 13.7. The molecule has 25 heavy (non-hydrogen) atoms. The fourth-order valence-corrected chi connectivity index (χ4v) is 2.42. The van der Waals surface area contributed by atoms with Gasteiger partial charge in [0.25, 0.3) is 5.91 Å². The number of aryl methyl sites for hydroxylation is 1. The van der Waals surface area contributed by atoms with Gasteiger partial charge in [-0.05, 0) is 38.1 Å². The molecule has 6 heteroatoms. The summed E-state index contributed by atoms with van der Waals surface area (Å²) < 4.78 is 16.1. The van der Waals surface area contributed by atoms with Gasteiger partial charge in [-0.2, -0.15) is 0 Å². The summed E-state index contributed by atoms with van der Waals surface area (Å²) >= 11 is 0. The number of benzene rings is 2. The van der Waals surface area contributed by atoms with E-state index < -0.39 is 18.0 Å². The molecule has 2 aromatic carbocycles. The Bertz CT molecular complexity index is 802. The fraction of sp³-hybridized carbons (Fsp3) is 0.263. The Morgan fingerprint density at radius 1 is 1.08 bits per heavy atom. The topological polar surface area (TPSA) is 73.9 Å². The third-order valence-electron chi connectivity index (χ3n) is 3.72. The minimum atomic E-state index is -0.929. The molecule has 1 heterocycles. The molecule has 0 radical (unpaired) electrons. The van der Waals surface area contributed by atoms with Gasteiger partial charge in [0.15, 0.2) is 17.6 Å². The van der Waals surface area contributed by atoms with Crippen molar-refractivity contribution in [3.63, 3.8) is 0 Å². The smallest absolute Gasteiger partial charge is 0.338 e. The number of carbonyl (C=O) groups excluding carboxylic acids is 2. The average Bonchev–Trinajstić information content (AvgIpc) is 2.61. The lowest BCUT2D eigenvalue weighted by Crippen LogP contribution is -2.30. The Kier molecular flexibility index (Phi) is 4.88. The lowest BCUT2D eigenvalue weighted by Gasteiger charge is -2.19. The monoisotopic (exact) mass is 341 g/mol. The van der Waals surface area contributed by atoms with Crippen molar-refractivity contribution in [3.05, 3.63) is 53.6 Å². The van der Waals surface area contributed by atoms with Crippen molar-refractivity contribution in [1.82, 2.24) is 0 Å². The first-order chi connectivity index (χ1) is 12.0. The second-order valence-corrected chi connectivity index (χ2v) is 5.76. The van der Waals surface area contributed by atoms with Crippen LogP contribution in [-0.4, -0.2) is 31.2 Å². The summed E-state index contributed by atoms with van der Waals surface area (Å²) in [6.45, 7) is 4.38. The highest BCUT2D eigenvalue weighted by Gasteiger charge is 2.20. The third-order valence-corrected chi connectivity index (χ3v) is 3.72. The highest BCUT2D eigenvalue weighted by atomic mass is 16.6. The van der Waals surface area contributed by atoms with Crippen molar-refractivity contribution < 1.29 is 23.8 Å². The van der Waals surface area contributed by atoms with Gasteiger partial charge in [-0.25, -0.2) is 4.79 Å². The Hall–Kier alpha value is -3.02. The average molecular weight is 341 g/mol. The van der Waals surface area contributed by atoms with E-state index in [4.69, 9.17) is 14.2 Å². The van der Waals surface area contributed by atoms with Gasteiger partial charge >= 0.3 is 5.97 Å². The molecule has 6 nitrogen and oxygen atoms in total. The minimum Gasteiger partial charge on any atom is -0.486 e. The van der Waals surface area contributed by atoms with Gasteiger partial charge in [0.05, 0.1) is 5.56 Å². The predicted molar refractivity (Wildman–Crippen MR) is 92.1 cm³/mol. The van der Waals surface area contributed by atoms with Crippen LogP contribution in [0.25, 0.3) is 0 Å². The summed E-state index contributed by atoms with van der Waals surface area (Å²) in [6.07, 6.45) is -0.929. The van der Waals surface area contributed by atoms with E-state index in [1.807, 2.05) is 13.0 Å². The van der Waals surface area contributed by atoms with Gasteiger partial charge in [0.1, 0.15) is 13.2 Å². The molecule has 2 aromatic rings. The van der Waals surface area contributed by atoms with Crippen molar-refractivity contribution in [2.24, 2.45) is 0 Å². The quantitative estimate of drug-likeness (QED) is 0.866. The van der Waals surface area contributed by atoms with E-state index in [9.17, 15) is 9.59 Å². The first-order valence-corrected chi connectivity index (χ1v) is 8.01. The van der Waals surface area contributed by atoms with Gasteiger partial charge in [-0.1, -0.05) is 17.7 Å². The zero-order chi connectivity index (χ0) is 17.8. The van der Waals surface area contributed by atoms with Gasteiger partial charge in [0.2, 0.25) is 0 Å². The third kappa shape index (κ3) is 4.09. The van der Waals surface area contributed by atoms with Crippen LogP contribution < -0.4 is 14.8 Å². The van der Waals surface area contributed by atoms with E-state index in [1.165, 1.54) is 6.92 Å². The number of anilines is 1. The number of esters is 1. The number of amides is 1.